The number of carboxylic acids is 1. The highest BCUT2D eigenvalue weighted by molar-refractivity contribution is 5.94. The number of hydrogen-bond acceptors (Lipinski definition) is 4. The number of rotatable bonds is 7. The van der Waals surface area contributed by atoms with Crippen LogP contribution in [0.4, 0.5) is 0 Å². The Labute approximate surface area is 117 Å². The molecule has 0 saturated heterocycles. The quantitative estimate of drug-likeness (QED) is 0.731. The van der Waals surface area contributed by atoms with Crippen molar-refractivity contribution >= 4 is 18.0 Å². The predicted octanol–water partition coefficient (Wildman–Crippen LogP) is 1.19. The molecule has 0 aromatic carbocycles. The van der Waals surface area contributed by atoms with Gasteiger partial charge in [-0.1, -0.05) is 6.92 Å². The van der Waals surface area contributed by atoms with Crippen LogP contribution >= 0.6 is 0 Å². The highest BCUT2D eigenvalue weighted by Crippen LogP contribution is 2.05. The number of methoxy groups -OCH3 is 1. The number of carbonyl (C=O) groups excluding carboxylic acids is 1. The molecule has 0 spiro atoms. The zero-order valence-electron chi connectivity index (χ0n) is 11.5. The zero-order chi connectivity index (χ0) is 15.0. The summed E-state index contributed by atoms with van der Waals surface area (Å²) < 4.78 is 4.99. The average Bonchev–Trinajstić information content (AvgIpc) is 2.43. The Kier molecular flexibility index (Phi) is 6.39. The number of pyridine rings is 1. The maximum absolute atomic E-state index is 11.9. The summed E-state index contributed by atoms with van der Waals surface area (Å²) in [5.74, 6) is -1.08. The largest absolute Gasteiger partial charge is 0.478 e. The van der Waals surface area contributed by atoms with E-state index in [1.807, 2.05) is 6.92 Å². The van der Waals surface area contributed by atoms with Crippen molar-refractivity contribution in [3.63, 3.8) is 0 Å². The fourth-order valence-electron chi connectivity index (χ4n) is 1.55. The molecule has 1 unspecified atom stereocenters. The molecular weight excluding hydrogens is 260 g/mol. The first-order valence-electron chi connectivity index (χ1n) is 6.16. The van der Waals surface area contributed by atoms with E-state index in [4.69, 9.17) is 9.84 Å². The van der Waals surface area contributed by atoms with Gasteiger partial charge in [-0.3, -0.25) is 9.78 Å². The van der Waals surface area contributed by atoms with Gasteiger partial charge in [0.05, 0.1) is 12.2 Å². The van der Waals surface area contributed by atoms with Gasteiger partial charge in [-0.2, -0.15) is 0 Å². The fraction of sp³-hybridized carbons (Fsp3) is 0.357. The lowest BCUT2D eigenvalue weighted by Crippen LogP contribution is -2.30. The molecule has 0 radical (unpaired) electrons. The number of nitrogens with one attached hydrogen (secondary N) is 1. The summed E-state index contributed by atoms with van der Waals surface area (Å²) in [4.78, 5) is 26.3. The Morgan fingerprint density at radius 3 is 2.90 bits per heavy atom. The van der Waals surface area contributed by atoms with Crippen LogP contribution in [-0.2, 0) is 9.53 Å². The summed E-state index contributed by atoms with van der Waals surface area (Å²) in [7, 11) is 1.61. The molecule has 0 fully saturated rings. The number of carbonyl (C=O) groups is 2. The molecule has 0 aliphatic rings. The van der Waals surface area contributed by atoms with Crippen LogP contribution in [0.25, 0.3) is 6.08 Å². The molecule has 108 valence electrons. The summed E-state index contributed by atoms with van der Waals surface area (Å²) in [6, 6.07) is 1.59. The van der Waals surface area contributed by atoms with Crippen LogP contribution in [0.2, 0.25) is 0 Å². The highest BCUT2D eigenvalue weighted by atomic mass is 16.5. The molecule has 0 aliphatic carbocycles. The lowest BCUT2D eigenvalue weighted by molar-refractivity contribution is -0.131. The number of hydrogen-bond donors (Lipinski definition) is 2. The number of carboxylic acid groups (broad SMARTS) is 1. The van der Waals surface area contributed by atoms with Gasteiger partial charge in [0.1, 0.15) is 0 Å². The number of aromatic nitrogens is 1. The summed E-state index contributed by atoms with van der Waals surface area (Å²) in [6.07, 6.45) is 5.32. The molecule has 1 aromatic heterocycles. The smallest absolute Gasteiger partial charge is 0.328 e. The van der Waals surface area contributed by atoms with Gasteiger partial charge in [0.15, 0.2) is 0 Å². The topological polar surface area (TPSA) is 88.5 Å². The van der Waals surface area contributed by atoms with Crippen molar-refractivity contribution in [2.45, 2.75) is 6.92 Å². The molecule has 1 rings (SSSR count). The molecular formula is C14H18N2O4. The van der Waals surface area contributed by atoms with Crippen molar-refractivity contribution in [2.75, 3.05) is 20.3 Å². The van der Waals surface area contributed by atoms with Crippen molar-refractivity contribution in [1.29, 1.82) is 0 Å². The Morgan fingerprint density at radius 2 is 2.25 bits per heavy atom. The molecule has 1 atom stereocenters. The third kappa shape index (κ3) is 5.62. The Bertz CT molecular complexity index is 500. The van der Waals surface area contributed by atoms with E-state index in [0.717, 1.165) is 6.08 Å². The zero-order valence-corrected chi connectivity index (χ0v) is 11.5. The van der Waals surface area contributed by atoms with E-state index in [0.29, 0.717) is 24.3 Å². The van der Waals surface area contributed by atoms with Crippen LogP contribution in [0.15, 0.2) is 24.5 Å². The van der Waals surface area contributed by atoms with Gasteiger partial charge in [0, 0.05) is 32.1 Å². The van der Waals surface area contributed by atoms with Crippen molar-refractivity contribution in [3.05, 3.63) is 35.7 Å². The van der Waals surface area contributed by atoms with Crippen LogP contribution in [0, 0.1) is 5.92 Å². The van der Waals surface area contributed by atoms with Gasteiger partial charge < -0.3 is 15.2 Å². The number of amides is 1. The van der Waals surface area contributed by atoms with E-state index in [1.165, 1.54) is 18.5 Å². The SMILES string of the molecule is COCC(C)CNC(=O)c1cncc(C=CC(=O)O)c1. The third-order valence-corrected chi connectivity index (χ3v) is 2.50. The van der Waals surface area contributed by atoms with Crippen LogP contribution in [-0.4, -0.2) is 42.2 Å². The lowest BCUT2D eigenvalue weighted by Gasteiger charge is -2.11. The van der Waals surface area contributed by atoms with Gasteiger partial charge in [0.2, 0.25) is 0 Å². The van der Waals surface area contributed by atoms with E-state index in [1.54, 1.807) is 13.2 Å². The van der Waals surface area contributed by atoms with Crippen LogP contribution in [0.5, 0.6) is 0 Å². The first kappa shape index (κ1) is 15.8. The van der Waals surface area contributed by atoms with Crippen LogP contribution < -0.4 is 5.32 Å². The van der Waals surface area contributed by atoms with Crippen molar-refractivity contribution < 1.29 is 19.4 Å². The number of nitrogens with zero attached hydrogens (tertiary/aromatic N) is 1. The van der Waals surface area contributed by atoms with Gasteiger partial charge in [0.25, 0.3) is 5.91 Å². The second-order valence-electron chi connectivity index (χ2n) is 4.45. The second-order valence-corrected chi connectivity index (χ2v) is 4.45. The fourth-order valence-corrected chi connectivity index (χ4v) is 1.55. The van der Waals surface area contributed by atoms with Gasteiger partial charge in [-0.25, -0.2) is 4.79 Å². The van der Waals surface area contributed by atoms with E-state index >= 15 is 0 Å². The molecule has 0 saturated carbocycles. The molecule has 20 heavy (non-hydrogen) atoms. The van der Waals surface area contributed by atoms with Gasteiger partial charge in [-0.05, 0) is 23.6 Å². The molecule has 1 heterocycles. The molecule has 0 aliphatic heterocycles. The van der Waals surface area contributed by atoms with Crippen LogP contribution in [0.3, 0.4) is 0 Å². The number of ether oxygens (including phenoxy) is 1. The molecule has 0 bridgehead atoms. The summed E-state index contributed by atoms with van der Waals surface area (Å²) in [6.45, 7) is 3.04. The van der Waals surface area contributed by atoms with Crippen molar-refractivity contribution in [1.82, 2.24) is 10.3 Å². The van der Waals surface area contributed by atoms with E-state index < -0.39 is 5.97 Å². The molecule has 6 heteroatoms. The highest BCUT2D eigenvalue weighted by Gasteiger charge is 2.08. The minimum absolute atomic E-state index is 0.215. The molecule has 1 aromatic rings. The van der Waals surface area contributed by atoms with E-state index in [-0.39, 0.29) is 11.8 Å². The Morgan fingerprint density at radius 1 is 1.50 bits per heavy atom. The second kappa shape index (κ2) is 8.06. The average molecular weight is 278 g/mol. The van der Waals surface area contributed by atoms with Crippen molar-refractivity contribution in [2.24, 2.45) is 5.92 Å². The first-order chi connectivity index (χ1) is 9.52. The summed E-state index contributed by atoms with van der Waals surface area (Å²) in [5.41, 5.74) is 0.951. The Balaban J connectivity index is 2.64. The maximum atomic E-state index is 11.9. The molecule has 2 N–H and O–H groups in total. The van der Waals surface area contributed by atoms with E-state index in [9.17, 15) is 9.59 Å². The summed E-state index contributed by atoms with van der Waals surface area (Å²) >= 11 is 0. The molecule has 1 amide bonds. The number of aliphatic carboxylic acids is 1. The Hall–Kier alpha value is -2.21. The van der Waals surface area contributed by atoms with Crippen molar-refractivity contribution in [3.8, 4) is 0 Å². The lowest BCUT2D eigenvalue weighted by atomic mass is 10.1. The third-order valence-electron chi connectivity index (χ3n) is 2.50. The standard InChI is InChI=1S/C14H18N2O4/c1-10(9-20-2)6-16-14(19)12-5-11(7-15-8-12)3-4-13(17)18/h3-5,7-8,10H,6,9H2,1-2H3,(H,16,19)(H,17,18). The normalized spacial score (nSPS) is 12.3. The van der Waals surface area contributed by atoms with Gasteiger partial charge >= 0.3 is 5.97 Å². The monoisotopic (exact) mass is 278 g/mol. The van der Waals surface area contributed by atoms with Gasteiger partial charge in [-0.15, -0.1) is 0 Å². The van der Waals surface area contributed by atoms with E-state index in [2.05, 4.69) is 10.3 Å². The maximum Gasteiger partial charge on any atom is 0.328 e. The predicted molar refractivity (Wildman–Crippen MR) is 74.3 cm³/mol. The molecule has 6 nitrogen and oxygen atoms in total. The minimum atomic E-state index is -1.05. The minimum Gasteiger partial charge on any atom is -0.478 e. The summed E-state index contributed by atoms with van der Waals surface area (Å²) in [5, 5.41) is 11.3. The van der Waals surface area contributed by atoms with Crippen LogP contribution in [0.1, 0.15) is 22.8 Å². The first-order valence-corrected chi connectivity index (χ1v) is 6.16.